The van der Waals surface area contributed by atoms with E-state index in [0.29, 0.717) is 22.6 Å². The highest BCUT2D eigenvalue weighted by Gasteiger charge is 2.34. The van der Waals surface area contributed by atoms with Crippen LogP contribution in [0.1, 0.15) is 47.6 Å². The van der Waals surface area contributed by atoms with Gasteiger partial charge in [0.05, 0.1) is 23.2 Å². The van der Waals surface area contributed by atoms with Crippen LogP contribution in [0.5, 0.6) is 0 Å². The number of alkyl halides is 3. The van der Waals surface area contributed by atoms with Gasteiger partial charge in [-0.25, -0.2) is 4.98 Å². The second-order valence-electron chi connectivity index (χ2n) is 8.54. The summed E-state index contributed by atoms with van der Waals surface area (Å²) in [4.78, 5) is 35.1. The predicted molar refractivity (Wildman–Crippen MR) is 123 cm³/mol. The number of nitrogens with zero attached hydrogens (tertiary/aromatic N) is 3. The number of benzene rings is 1. The monoisotopic (exact) mass is 478 g/mol. The molecule has 1 amide bonds. The second kappa shape index (κ2) is 8.90. The smallest absolute Gasteiger partial charge is 0.324 e. The molecule has 176 valence electrons. The molecule has 0 saturated carbocycles. The number of nitrogens with one attached hydrogen (secondary N) is 1. The van der Waals surface area contributed by atoms with Crippen LogP contribution in [0.2, 0.25) is 0 Å². The lowest BCUT2D eigenvalue weighted by Gasteiger charge is -2.22. The highest BCUT2D eigenvalue weighted by Crippen LogP contribution is 2.36. The van der Waals surface area contributed by atoms with Gasteiger partial charge < -0.3 is 10.2 Å². The van der Waals surface area contributed by atoms with E-state index >= 15 is 0 Å². The van der Waals surface area contributed by atoms with Crippen molar-refractivity contribution in [1.29, 1.82) is 0 Å². The van der Waals surface area contributed by atoms with Crippen molar-refractivity contribution in [1.82, 2.24) is 14.5 Å². The van der Waals surface area contributed by atoms with E-state index in [9.17, 15) is 22.8 Å². The molecule has 0 spiro atoms. The van der Waals surface area contributed by atoms with Gasteiger partial charge in [-0.05, 0) is 64.4 Å². The zero-order chi connectivity index (χ0) is 23.9. The molecule has 0 fully saturated rings. The van der Waals surface area contributed by atoms with Gasteiger partial charge in [0.1, 0.15) is 16.7 Å². The summed E-state index contributed by atoms with van der Waals surface area (Å²) in [6.45, 7) is 1.82. The molecule has 1 atom stereocenters. The molecule has 0 aliphatic heterocycles. The van der Waals surface area contributed by atoms with E-state index in [0.717, 1.165) is 42.2 Å². The van der Waals surface area contributed by atoms with Gasteiger partial charge in [0.15, 0.2) is 0 Å². The van der Waals surface area contributed by atoms with Gasteiger partial charge in [-0.3, -0.25) is 14.2 Å². The van der Waals surface area contributed by atoms with Gasteiger partial charge >= 0.3 is 6.18 Å². The quantitative estimate of drug-likeness (QED) is 0.581. The van der Waals surface area contributed by atoms with E-state index in [2.05, 4.69) is 5.32 Å². The van der Waals surface area contributed by atoms with Gasteiger partial charge in [0.2, 0.25) is 5.91 Å². The summed E-state index contributed by atoms with van der Waals surface area (Å²) in [5.41, 5.74) is -0.597. The number of anilines is 1. The summed E-state index contributed by atoms with van der Waals surface area (Å²) in [5, 5.41) is 2.90. The molecule has 2 heterocycles. The molecule has 0 radical (unpaired) electrons. The normalized spacial score (nSPS) is 15.0. The Bertz CT molecular complexity index is 1260. The summed E-state index contributed by atoms with van der Waals surface area (Å²) in [7, 11) is 3.65. The maximum Gasteiger partial charge on any atom is 0.418 e. The molecular weight excluding hydrogens is 453 g/mol. The standard InChI is InChI=1S/C23H25F3N4O2S/c1-13(20(31)27-16-10-6-5-9-15(16)23(24,25)26)30-18(12-29(2)3)28-21-19(22(30)32)14-8-4-7-11-17(14)33-21/h5-6,9-10,13H,4,7-8,11-12H2,1-3H3,(H,27,31). The fraction of sp³-hybridized carbons (Fsp3) is 0.435. The number of aromatic nitrogens is 2. The molecule has 6 nitrogen and oxygen atoms in total. The van der Waals surface area contributed by atoms with Crippen LogP contribution in [-0.4, -0.2) is 34.5 Å². The highest BCUT2D eigenvalue weighted by atomic mass is 32.1. The first-order chi connectivity index (χ1) is 15.6. The summed E-state index contributed by atoms with van der Waals surface area (Å²) in [6, 6.07) is 3.75. The molecule has 3 aromatic rings. The lowest BCUT2D eigenvalue weighted by molar-refractivity contribution is -0.137. The Morgan fingerprint density at radius 2 is 1.94 bits per heavy atom. The maximum absolute atomic E-state index is 13.6. The lowest BCUT2D eigenvalue weighted by Crippen LogP contribution is -2.36. The molecule has 1 aliphatic rings. The molecule has 0 saturated heterocycles. The average Bonchev–Trinajstić information content (AvgIpc) is 3.11. The molecule has 10 heteroatoms. The summed E-state index contributed by atoms with van der Waals surface area (Å²) in [6.07, 6.45) is -0.865. The molecule has 2 aromatic heterocycles. The van der Waals surface area contributed by atoms with Gasteiger partial charge in [-0.15, -0.1) is 11.3 Å². The van der Waals surface area contributed by atoms with E-state index < -0.39 is 23.7 Å². The van der Waals surface area contributed by atoms with Crippen molar-refractivity contribution in [3.63, 3.8) is 0 Å². The van der Waals surface area contributed by atoms with Crippen LogP contribution in [0, 0.1) is 0 Å². The minimum atomic E-state index is -4.61. The number of thiophene rings is 1. The zero-order valence-electron chi connectivity index (χ0n) is 18.6. The molecule has 4 rings (SSSR count). The van der Waals surface area contributed by atoms with Crippen molar-refractivity contribution < 1.29 is 18.0 Å². The number of aryl methyl sites for hydroxylation is 2. The average molecular weight is 479 g/mol. The summed E-state index contributed by atoms with van der Waals surface area (Å²) < 4.78 is 41.4. The third-order valence-electron chi connectivity index (χ3n) is 5.81. The molecule has 1 aromatic carbocycles. The molecule has 33 heavy (non-hydrogen) atoms. The minimum Gasteiger partial charge on any atom is -0.324 e. The highest BCUT2D eigenvalue weighted by molar-refractivity contribution is 7.18. The second-order valence-corrected chi connectivity index (χ2v) is 9.62. The van der Waals surface area contributed by atoms with E-state index in [-0.39, 0.29) is 11.2 Å². The number of carbonyl (C=O) groups excluding carboxylic acids is 1. The SMILES string of the molecule is CC(C(=O)Nc1ccccc1C(F)(F)F)n1c(CN(C)C)nc2sc3c(c2c1=O)CCCC3. The molecule has 1 aliphatic carbocycles. The van der Waals surface area contributed by atoms with E-state index in [4.69, 9.17) is 4.98 Å². The Labute approximate surface area is 193 Å². The van der Waals surface area contributed by atoms with Crippen LogP contribution in [0.3, 0.4) is 0 Å². The summed E-state index contributed by atoms with van der Waals surface area (Å²) in [5.74, 6) is -0.304. The number of fused-ring (bicyclic) bond motifs is 3. The van der Waals surface area contributed by atoms with Crippen molar-refractivity contribution in [2.75, 3.05) is 19.4 Å². The predicted octanol–water partition coefficient (Wildman–Crippen LogP) is 4.62. The third-order valence-corrected chi connectivity index (χ3v) is 6.99. The third kappa shape index (κ3) is 4.54. The Balaban J connectivity index is 1.79. The topological polar surface area (TPSA) is 67.2 Å². The number of amides is 1. The van der Waals surface area contributed by atoms with E-state index in [1.807, 2.05) is 19.0 Å². The number of hydrogen-bond donors (Lipinski definition) is 1. The fourth-order valence-electron chi connectivity index (χ4n) is 4.25. The van der Waals surface area contributed by atoms with Crippen LogP contribution in [-0.2, 0) is 30.4 Å². The van der Waals surface area contributed by atoms with Gasteiger partial charge in [0, 0.05) is 4.88 Å². The molecule has 1 N–H and O–H groups in total. The minimum absolute atomic E-state index is 0.310. The molecule has 1 unspecified atom stereocenters. The van der Waals surface area contributed by atoms with Crippen molar-refractivity contribution in [2.24, 2.45) is 0 Å². The number of carbonyl (C=O) groups is 1. The number of hydrogen-bond acceptors (Lipinski definition) is 5. The van der Waals surface area contributed by atoms with Crippen molar-refractivity contribution in [3.8, 4) is 0 Å². The molecule has 0 bridgehead atoms. The van der Waals surface area contributed by atoms with Crippen molar-refractivity contribution in [2.45, 2.75) is 51.4 Å². The number of para-hydroxylation sites is 1. The first-order valence-corrected chi connectivity index (χ1v) is 11.6. The Hall–Kier alpha value is -2.72. The van der Waals surface area contributed by atoms with E-state index in [1.54, 1.807) is 0 Å². The van der Waals surface area contributed by atoms with Crippen LogP contribution < -0.4 is 10.9 Å². The van der Waals surface area contributed by atoms with Gasteiger partial charge in [0.25, 0.3) is 5.56 Å². The first kappa shape index (κ1) is 23.4. The van der Waals surface area contributed by atoms with Crippen LogP contribution in [0.15, 0.2) is 29.1 Å². The van der Waals surface area contributed by atoms with Crippen molar-refractivity contribution in [3.05, 3.63) is 56.4 Å². The largest absolute Gasteiger partial charge is 0.418 e. The van der Waals surface area contributed by atoms with Gasteiger partial charge in [-0.1, -0.05) is 12.1 Å². The van der Waals surface area contributed by atoms with Crippen LogP contribution >= 0.6 is 11.3 Å². The van der Waals surface area contributed by atoms with Crippen LogP contribution in [0.25, 0.3) is 10.2 Å². The Morgan fingerprint density at radius 3 is 2.64 bits per heavy atom. The zero-order valence-corrected chi connectivity index (χ0v) is 19.4. The van der Waals surface area contributed by atoms with Crippen molar-refractivity contribution >= 4 is 33.1 Å². The Morgan fingerprint density at radius 1 is 1.24 bits per heavy atom. The van der Waals surface area contributed by atoms with Crippen LogP contribution in [0.4, 0.5) is 18.9 Å². The first-order valence-electron chi connectivity index (χ1n) is 10.8. The summed E-state index contributed by atoms with van der Waals surface area (Å²) >= 11 is 1.52. The molecular formula is C23H25F3N4O2S. The fourth-order valence-corrected chi connectivity index (χ4v) is 5.52. The number of rotatable bonds is 5. The van der Waals surface area contributed by atoms with Gasteiger partial charge in [-0.2, -0.15) is 13.2 Å². The van der Waals surface area contributed by atoms with E-state index in [1.165, 1.54) is 41.0 Å². The maximum atomic E-state index is 13.6. The number of halogens is 3. The lowest BCUT2D eigenvalue weighted by atomic mass is 9.97. The Kier molecular flexibility index (Phi) is 6.32.